The third-order valence-electron chi connectivity index (χ3n) is 3.34. The standard InChI is InChI=1S/C13H12F3NO3/c1-7-4-10-5-8(11(18)19)2-3-9(10)6-17(7)12(20)13(14,15)16/h2-3,5,7H,4,6H2,1H3,(H,18,19). The molecule has 0 saturated carbocycles. The summed E-state index contributed by atoms with van der Waals surface area (Å²) in [7, 11) is 0. The van der Waals surface area contributed by atoms with E-state index in [-0.39, 0.29) is 18.5 Å². The number of carbonyl (C=O) groups excluding carboxylic acids is 1. The molecule has 0 bridgehead atoms. The smallest absolute Gasteiger partial charge is 0.471 e. The van der Waals surface area contributed by atoms with Gasteiger partial charge in [0.15, 0.2) is 0 Å². The van der Waals surface area contributed by atoms with Crippen molar-refractivity contribution in [2.24, 2.45) is 0 Å². The molecule has 4 nitrogen and oxygen atoms in total. The van der Waals surface area contributed by atoms with Crippen molar-refractivity contribution in [3.8, 4) is 0 Å². The van der Waals surface area contributed by atoms with Crippen molar-refractivity contribution in [2.45, 2.75) is 32.1 Å². The van der Waals surface area contributed by atoms with Crippen molar-refractivity contribution in [3.05, 3.63) is 34.9 Å². The van der Waals surface area contributed by atoms with Crippen molar-refractivity contribution in [1.82, 2.24) is 4.90 Å². The summed E-state index contributed by atoms with van der Waals surface area (Å²) in [6, 6.07) is 3.61. The van der Waals surface area contributed by atoms with Crippen LogP contribution in [0.2, 0.25) is 0 Å². The molecule has 108 valence electrons. The number of hydrogen-bond donors (Lipinski definition) is 1. The number of carbonyl (C=O) groups is 2. The molecule has 0 spiro atoms. The number of carboxylic acid groups (broad SMARTS) is 1. The molecule has 1 amide bonds. The van der Waals surface area contributed by atoms with Crippen molar-refractivity contribution in [3.63, 3.8) is 0 Å². The Morgan fingerprint density at radius 3 is 2.50 bits per heavy atom. The average molecular weight is 287 g/mol. The van der Waals surface area contributed by atoms with Crippen molar-refractivity contribution in [1.29, 1.82) is 0 Å². The molecule has 2 rings (SSSR count). The monoisotopic (exact) mass is 287 g/mol. The minimum Gasteiger partial charge on any atom is -0.478 e. The predicted octanol–water partition coefficient (Wildman–Crippen LogP) is 2.22. The third kappa shape index (κ3) is 2.61. The lowest BCUT2D eigenvalue weighted by molar-refractivity contribution is -0.188. The highest BCUT2D eigenvalue weighted by molar-refractivity contribution is 5.88. The Hall–Kier alpha value is -2.05. The summed E-state index contributed by atoms with van der Waals surface area (Å²) < 4.78 is 37.5. The van der Waals surface area contributed by atoms with Gasteiger partial charge in [0, 0.05) is 12.6 Å². The Bertz CT molecular complexity index is 568. The van der Waals surface area contributed by atoms with Gasteiger partial charge < -0.3 is 10.0 Å². The number of alkyl halides is 3. The van der Waals surface area contributed by atoms with Gasteiger partial charge in [-0.15, -0.1) is 0 Å². The number of halogens is 3. The number of benzene rings is 1. The fourth-order valence-electron chi connectivity index (χ4n) is 2.31. The number of amides is 1. The van der Waals surface area contributed by atoms with Gasteiger partial charge in [0.1, 0.15) is 0 Å². The highest BCUT2D eigenvalue weighted by Crippen LogP contribution is 2.28. The lowest BCUT2D eigenvalue weighted by Gasteiger charge is -2.35. The molecule has 0 aliphatic carbocycles. The summed E-state index contributed by atoms with van der Waals surface area (Å²) in [6.45, 7) is 1.36. The van der Waals surface area contributed by atoms with Crippen LogP contribution in [-0.2, 0) is 17.8 Å². The number of hydrogen-bond acceptors (Lipinski definition) is 2. The molecule has 1 heterocycles. The van der Waals surface area contributed by atoms with E-state index >= 15 is 0 Å². The van der Waals surface area contributed by atoms with Gasteiger partial charge in [0.2, 0.25) is 0 Å². The molecule has 1 aliphatic heterocycles. The normalized spacial score (nSPS) is 18.6. The predicted molar refractivity (Wildman–Crippen MR) is 63.2 cm³/mol. The van der Waals surface area contributed by atoms with E-state index in [0.717, 1.165) is 4.90 Å². The minimum atomic E-state index is -4.90. The second kappa shape index (κ2) is 4.81. The van der Waals surface area contributed by atoms with Crippen LogP contribution in [0.15, 0.2) is 18.2 Å². The summed E-state index contributed by atoms with van der Waals surface area (Å²) in [5.41, 5.74) is 1.31. The zero-order chi connectivity index (χ0) is 15.1. The maximum atomic E-state index is 12.5. The van der Waals surface area contributed by atoms with Crippen molar-refractivity contribution in [2.75, 3.05) is 0 Å². The molecule has 0 radical (unpaired) electrons. The van der Waals surface area contributed by atoms with E-state index in [4.69, 9.17) is 5.11 Å². The van der Waals surface area contributed by atoms with Gasteiger partial charge in [-0.3, -0.25) is 4.79 Å². The molecule has 0 aromatic heterocycles. The van der Waals surface area contributed by atoms with Gasteiger partial charge >= 0.3 is 18.1 Å². The molecule has 1 aromatic rings. The molecule has 0 fully saturated rings. The van der Waals surface area contributed by atoms with E-state index < -0.39 is 24.1 Å². The van der Waals surface area contributed by atoms with E-state index in [9.17, 15) is 22.8 Å². The fraction of sp³-hybridized carbons (Fsp3) is 0.385. The average Bonchev–Trinajstić information content (AvgIpc) is 2.35. The van der Waals surface area contributed by atoms with E-state index in [1.54, 1.807) is 0 Å². The Labute approximate surface area is 112 Å². The Balaban J connectivity index is 2.31. The third-order valence-corrected chi connectivity index (χ3v) is 3.34. The number of fused-ring (bicyclic) bond motifs is 1. The molecule has 0 saturated heterocycles. The second-order valence-corrected chi connectivity index (χ2v) is 4.77. The van der Waals surface area contributed by atoms with Gasteiger partial charge in [-0.1, -0.05) is 6.07 Å². The number of rotatable bonds is 1. The van der Waals surface area contributed by atoms with Gasteiger partial charge in [0.05, 0.1) is 5.56 Å². The highest BCUT2D eigenvalue weighted by Gasteiger charge is 2.45. The molecule has 1 atom stereocenters. The summed E-state index contributed by atoms with van der Waals surface area (Å²) in [5.74, 6) is -2.95. The van der Waals surface area contributed by atoms with Crippen molar-refractivity contribution < 1.29 is 27.9 Å². The number of carboxylic acids is 1. The molecular weight excluding hydrogens is 275 g/mol. The maximum absolute atomic E-state index is 12.5. The first-order valence-electron chi connectivity index (χ1n) is 5.93. The Morgan fingerprint density at radius 2 is 1.95 bits per heavy atom. The quantitative estimate of drug-likeness (QED) is 0.861. The molecule has 1 aromatic carbocycles. The van der Waals surface area contributed by atoms with Gasteiger partial charge in [-0.05, 0) is 36.6 Å². The zero-order valence-electron chi connectivity index (χ0n) is 10.6. The lowest BCUT2D eigenvalue weighted by atomic mass is 9.93. The van der Waals surface area contributed by atoms with E-state index in [0.29, 0.717) is 11.1 Å². The van der Waals surface area contributed by atoms with Crippen LogP contribution in [0.3, 0.4) is 0 Å². The van der Waals surface area contributed by atoms with E-state index in [1.807, 2.05) is 0 Å². The topological polar surface area (TPSA) is 57.6 Å². The molecule has 1 aliphatic rings. The molecule has 7 heteroatoms. The Morgan fingerprint density at radius 1 is 1.30 bits per heavy atom. The summed E-state index contributed by atoms with van der Waals surface area (Å²) in [5, 5.41) is 8.89. The van der Waals surface area contributed by atoms with Crippen LogP contribution in [0.4, 0.5) is 13.2 Å². The largest absolute Gasteiger partial charge is 0.478 e. The molecule has 1 unspecified atom stereocenters. The van der Waals surface area contributed by atoms with Crippen LogP contribution in [0.5, 0.6) is 0 Å². The van der Waals surface area contributed by atoms with Crippen molar-refractivity contribution >= 4 is 11.9 Å². The fourth-order valence-corrected chi connectivity index (χ4v) is 2.31. The minimum absolute atomic E-state index is 0.0894. The van der Waals surface area contributed by atoms with Gasteiger partial charge in [-0.2, -0.15) is 13.2 Å². The van der Waals surface area contributed by atoms with Crippen LogP contribution < -0.4 is 0 Å². The lowest BCUT2D eigenvalue weighted by Crippen LogP contribution is -2.48. The maximum Gasteiger partial charge on any atom is 0.471 e. The number of aromatic carboxylic acids is 1. The van der Waals surface area contributed by atoms with Crippen LogP contribution in [0.25, 0.3) is 0 Å². The molecule has 20 heavy (non-hydrogen) atoms. The van der Waals surface area contributed by atoms with E-state index in [1.165, 1.54) is 25.1 Å². The van der Waals surface area contributed by atoms with Gasteiger partial charge in [-0.25, -0.2) is 4.79 Å². The SMILES string of the molecule is CC1Cc2cc(C(=O)O)ccc2CN1C(=O)C(F)(F)F. The van der Waals surface area contributed by atoms with Crippen LogP contribution >= 0.6 is 0 Å². The molecule has 1 N–H and O–H groups in total. The van der Waals surface area contributed by atoms with E-state index in [2.05, 4.69) is 0 Å². The molecular formula is C13H12F3NO3. The van der Waals surface area contributed by atoms with Crippen LogP contribution in [0, 0.1) is 0 Å². The first kappa shape index (κ1) is 14.4. The Kier molecular flexibility index (Phi) is 3.45. The first-order chi connectivity index (χ1) is 9.20. The summed E-state index contributed by atoms with van der Waals surface area (Å²) >= 11 is 0. The van der Waals surface area contributed by atoms with Crippen LogP contribution in [-0.4, -0.2) is 34.1 Å². The highest BCUT2D eigenvalue weighted by atomic mass is 19.4. The zero-order valence-corrected chi connectivity index (χ0v) is 10.6. The number of nitrogens with zero attached hydrogens (tertiary/aromatic N) is 1. The first-order valence-corrected chi connectivity index (χ1v) is 5.93. The summed E-state index contributed by atoms with van der Waals surface area (Å²) in [6.07, 6.45) is -4.69. The van der Waals surface area contributed by atoms with Crippen LogP contribution in [0.1, 0.15) is 28.4 Å². The summed E-state index contributed by atoms with van der Waals surface area (Å²) in [4.78, 5) is 22.9. The second-order valence-electron chi connectivity index (χ2n) is 4.77. The van der Waals surface area contributed by atoms with Gasteiger partial charge in [0.25, 0.3) is 0 Å².